The maximum atomic E-state index is 9.36. The van der Waals surface area contributed by atoms with Crippen molar-refractivity contribution in [2.45, 2.75) is 37.6 Å². The Bertz CT molecular complexity index is 715. The van der Waals surface area contributed by atoms with Crippen LogP contribution < -0.4 is 10.2 Å². The topological polar surface area (TPSA) is 67.7 Å². The Labute approximate surface area is 130 Å². The van der Waals surface area contributed by atoms with Gasteiger partial charge in [0, 0.05) is 31.0 Å². The molecule has 2 fully saturated rings. The standard InChI is InChI=1S/C17H21N5/c18-10-13-11-20-16-15(13)14(4-8-19-16)22-9-3-6-17(12-22)5-1-2-7-21-17/h4,8,11,21H,1-3,5-7,9,12H2,(H,19,20)/t17-/m1/s1. The largest absolute Gasteiger partial charge is 0.369 e. The number of fused-ring (bicyclic) bond motifs is 1. The fourth-order valence-corrected chi connectivity index (χ4v) is 4.11. The number of piperidine rings is 2. The van der Waals surface area contributed by atoms with E-state index in [1.807, 2.05) is 6.20 Å². The second-order valence-electron chi connectivity index (χ2n) is 6.56. The molecule has 4 rings (SSSR count). The predicted octanol–water partition coefficient (Wildman–Crippen LogP) is 2.55. The summed E-state index contributed by atoms with van der Waals surface area (Å²) in [5, 5.41) is 14.1. The number of aromatic amines is 1. The van der Waals surface area contributed by atoms with Crippen molar-refractivity contribution < 1.29 is 0 Å². The minimum Gasteiger partial charge on any atom is -0.369 e. The van der Waals surface area contributed by atoms with Crippen LogP contribution in [0, 0.1) is 11.3 Å². The van der Waals surface area contributed by atoms with E-state index in [0.29, 0.717) is 5.56 Å². The van der Waals surface area contributed by atoms with Crippen molar-refractivity contribution in [3.05, 3.63) is 24.0 Å². The molecule has 1 spiro atoms. The molecule has 114 valence electrons. The van der Waals surface area contributed by atoms with Crippen molar-refractivity contribution in [2.75, 3.05) is 24.5 Å². The van der Waals surface area contributed by atoms with Crippen LogP contribution >= 0.6 is 0 Å². The number of rotatable bonds is 1. The smallest absolute Gasteiger partial charge is 0.140 e. The van der Waals surface area contributed by atoms with Crippen LogP contribution in [-0.2, 0) is 0 Å². The van der Waals surface area contributed by atoms with E-state index < -0.39 is 0 Å². The predicted molar refractivity (Wildman–Crippen MR) is 86.8 cm³/mol. The number of nitriles is 1. The molecule has 22 heavy (non-hydrogen) atoms. The fourth-order valence-electron chi connectivity index (χ4n) is 4.11. The summed E-state index contributed by atoms with van der Waals surface area (Å²) < 4.78 is 0. The molecule has 2 aromatic heterocycles. The van der Waals surface area contributed by atoms with Gasteiger partial charge in [0.15, 0.2) is 0 Å². The summed E-state index contributed by atoms with van der Waals surface area (Å²) in [5.41, 5.74) is 2.91. The van der Waals surface area contributed by atoms with Gasteiger partial charge < -0.3 is 15.2 Å². The number of anilines is 1. The van der Waals surface area contributed by atoms with Crippen LogP contribution in [0.15, 0.2) is 18.5 Å². The van der Waals surface area contributed by atoms with E-state index in [-0.39, 0.29) is 5.54 Å². The zero-order valence-electron chi connectivity index (χ0n) is 12.7. The molecule has 2 aromatic rings. The molecule has 2 N–H and O–H groups in total. The fraction of sp³-hybridized carbons (Fsp3) is 0.529. The van der Waals surface area contributed by atoms with Gasteiger partial charge in [-0.25, -0.2) is 4.98 Å². The summed E-state index contributed by atoms with van der Waals surface area (Å²) in [5.74, 6) is 0. The molecule has 2 aliphatic heterocycles. The van der Waals surface area contributed by atoms with Gasteiger partial charge in [0.25, 0.3) is 0 Å². The molecule has 0 unspecified atom stereocenters. The minimum absolute atomic E-state index is 0.259. The number of hydrogen-bond donors (Lipinski definition) is 2. The maximum Gasteiger partial charge on any atom is 0.140 e. The zero-order chi connectivity index (χ0) is 15.0. The molecule has 5 nitrogen and oxygen atoms in total. The second kappa shape index (κ2) is 5.29. The SMILES string of the molecule is N#Cc1c[nH]c2nccc(N3CCC[C@]4(CCCCN4)C3)c12. The van der Waals surface area contributed by atoms with Gasteiger partial charge in [0.05, 0.1) is 16.6 Å². The normalized spacial score (nSPS) is 25.5. The summed E-state index contributed by atoms with van der Waals surface area (Å²) in [4.78, 5) is 9.92. The van der Waals surface area contributed by atoms with Crippen LogP contribution in [0.3, 0.4) is 0 Å². The third-order valence-corrected chi connectivity index (χ3v) is 5.17. The average molecular weight is 295 g/mol. The summed E-state index contributed by atoms with van der Waals surface area (Å²) >= 11 is 0. The van der Waals surface area contributed by atoms with Crippen LogP contribution in [0.4, 0.5) is 5.69 Å². The van der Waals surface area contributed by atoms with Gasteiger partial charge in [-0.2, -0.15) is 5.26 Å². The zero-order valence-corrected chi connectivity index (χ0v) is 12.7. The summed E-state index contributed by atoms with van der Waals surface area (Å²) in [6, 6.07) is 4.34. The van der Waals surface area contributed by atoms with E-state index >= 15 is 0 Å². The Kier molecular flexibility index (Phi) is 3.27. The lowest BCUT2D eigenvalue weighted by molar-refractivity contribution is 0.216. The van der Waals surface area contributed by atoms with Gasteiger partial charge in [-0.3, -0.25) is 0 Å². The van der Waals surface area contributed by atoms with Gasteiger partial charge >= 0.3 is 0 Å². The van der Waals surface area contributed by atoms with Crippen molar-refractivity contribution in [1.82, 2.24) is 15.3 Å². The molecule has 5 heteroatoms. The summed E-state index contributed by atoms with van der Waals surface area (Å²) in [6.07, 6.45) is 9.93. The van der Waals surface area contributed by atoms with Crippen LogP contribution in [0.5, 0.6) is 0 Å². The molecule has 2 saturated heterocycles. The molecule has 0 amide bonds. The first kappa shape index (κ1) is 13.6. The van der Waals surface area contributed by atoms with Gasteiger partial charge in [-0.1, -0.05) is 6.42 Å². The molecule has 1 atom stereocenters. The monoisotopic (exact) mass is 295 g/mol. The van der Waals surface area contributed by atoms with Gasteiger partial charge in [0.2, 0.25) is 0 Å². The first-order chi connectivity index (χ1) is 10.8. The number of aromatic nitrogens is 2. The van der Waals surface area contributed by atoms with Gasteiger partial charge in [-0.05, 0) is 38.3 Å². The highest BCUT2D eigenvalue weighted by atomic mass is 15.2. The first-order valence-corrected chi connectivity index (χ1v) is 8.18. The lowest BCUT2D eigenvalue weighted by atomic mass is 9.81. The Hall–Kier alpha value is -2.06. The van der Waals surface area contributed by atoms with Gasteiger partial charge in [-0.15, -0.1) is 0 Å². The van der Waals surface area contributed by atoms with Crippen LogP contribution in [0.1, 0.15) is 37.7 Å². The molecule has 4 heterocycles. The van der Waals surface area contributed by atoms with Crippen LogP contribution in [0.25, 0.3) is 11.0 Å². The molecule has 0 saturated carbocycles. The number of H-pyrrole nitrogens is 1. The van der Waals surface area contributed by atoms with E-state index in [9.17, 15) is 5.26 Å². The highest BCUT2D eigenvalue weighted by molar-refractivity contribution is 5.94. The van der Waals surface area contributed by atoms with E-state index in [1.165, 1.54) is 32.1 Å². The third-order valence-electron chi connectivity index (χ3n) is 5.17. The Morgan fingerprint density at radius 3 is 3.00 bits per heavy atom. The van der Waals surface area contributed by atoms with Crippen LogP contribution in [0.2, 0.25) is 0 Å². The maximum absolute atomic E-state index is 9.36. The average Bonchev–Trinajstić information content (AvgIpc) is 2.99. The molecular formula is C17H21N5. The van der Waals surface area contributed by atoms with Crippen molar-refractivity contribution in [2.24, 2.45) is 0 Å². The lowest BCUT2D eigenvalue weighted by Crippen LogP contribution is -2.59. The van der Waals surface area contributed by atoms with E-state index in [0.717, 1.165) is 36.4 Å². The van der Waals surface area contributed by atoms with Crippen molar-refractivity contribution >= 4 is 16.7 Å². The van der Waals surface area contributed by atoms with E-state index in [1.54, 1.807) is 6.20 Å². The highest BCUT2D eigenvalue weighted by Gasteiger charge is 2.36. The quantitative estimate of drug-likeness (QED) is 0.848. The summed E-state index contributed by atoms with van der Waals surface area (Å²) in [6.45, 7) is 3.22. The first-order valence-electron chi connectivity index (χ1n) is 8.18. The highest BCUT2D eigenvalue weighted by Crippen LogP contribution is 2.35. The Balaban J connectivity index is 1.72. The van der Waals surface area contributed by atoms with Crippen molar-refractivity contribution in [3.63, 3.8) is 0 Å². The number of pyridine rings is 1. The van der Waals surface area contributed by atoms with E-state index in [4.69, 9.17) is 0 Å². The van der Waals surface area contributed by atoms with Crippen molar-refractivity contribution in [1.29, 1.82) is 5.26 Å². The molecular weight excluding hydrogens is 274 g/mol. The second-order valence-corrected chi connectivity index (χ2v) is 6.56. The molecule has 0 radical (unpaired) electrons. The van der Waals surface area contributed by atoms with Crippen LogP contribution in [-0.4, -0.2) is 35.1 Å². The molecule has 0 bridgehead atoms. The number of nitrogens with one attached hydrogen (secondary N) is 2. The Morgan fingerprint density at radius 1 is 1.27 bits per heavy atom. The van der Waals surface area contributed by atoms with Crippen molar-refractivity contribution in [3.8, 4) is 6.07 Å². The molecule has 0 aromatic carbocycles. The lowest BCUT2D eigenvalue weighted by Gasteiger charge is -2.47. The minimum atomic E-state index is 0.259. The van der Waals surface area contributed by atoms with Gasteiger partial charge in [0.1, 0.15) is 11.7 Å². The number of hydrogen-bond acceptors (Lipinski definition) is 4. The Morgan fingerprint density at radius 2 is 2.18 bits per heavy atom. The third kappa shape index (κ3) is 2.15. The van der Waals surface area contributed by atoms with E-state index in [2.05, 4.69) is 32.3 Å². The molecule has 0 aliphatic carbocycles. The summed E-state index contributed by atoms with van der Waals surface area (Å²) in [7, 11) is 0. The number of nitrogens with zero attached hydrogens (tertiary/aromatic N) is 3. The molecule has 2 aliphatic rings.